The zero-order valence-electron chi connectivity index (χ0n) is 10.8. The Morgan fingerprint density at radius 2 is 1.94 bits per heavy atom. The summed E-state index contributed by atoms with van der Waals surface area (Å²) in [6.07, 6.45) is 5.29. The zero-order valence-corrected chi connectivity index (χ0v) is 10.8. The largest absolute Gasteiger partial charge is 0.385 e. The topological polar surface area (TPSA) is 20.2 Å². The average molecular weight is 254 g/mol. The summed E-state index contributed by atoms with van der Waals surface area (Å²) >= 11 is 0. The van der Waals surface area contributed by atoms with Crippen molar-refractivity contribution in [3.63, 3.8) is 0 Å². The van der Waals surface area contributed by atoms with Crippen molar-refractivity contribution in [1.82, 2.24) is 0 Å². The molecular weight excluding hydrogens is 234 g/mol. The summed E-state index contributed by atoms with van der Waals surface area (Å²) in [7, 11) is 0. The van der Waals surface area contributed by atoms with E-state index in [9.17, 15) is 13.9 Å². The highest BCUT2D eigenvalue weighted by atomic mass is 19.1. The summed E-state index contributed by atoms with van der Waals surface area (Å²) in [5, 5.41) is 10.5. The van der Waals surface area contributed by atoms with Gasteiger partial charge in [-0.05, 0) is 37.7 Å². The lowest BCUT2D eigenvalue weighted by Crippen LogP contribution is -2.32. The van der Waals surface area contributed by atoms with Gasteiger partial charge in [-0.2, -0.15) is 0 Å². The molecule has 0 amide bonds. The number of hydrogen-bond donors (Lipinski definition) is 1. The highest BCUT2D eigenvalue weighted by Crippen LogP contribution is 2.41. The number of aliphatic hydroxyl groups is 1. The molecule has 1 N–H and O–H groups in total. The lowest BCUT2D eigenvalue weighted by Gasteiger charge is -2.36. The van der Waals surface area contributed by atoms with E-state index in [1.54, 1.807) is 0 Å². The fraction of sp³-hybridized carbons (Fsp3) is 0.600. The van der Waals surface area contributed by atoms with E-state index < -0.39 is 17.2 Å². The number of halogens is 2. The summed E-state index contributed by atoms with van der Waals surface area (Å²) in [5.74, 6) is -0.593. The molecule has 1 nitrogen and oxygen atoms in total. The van der Waals surface area contributed by atoms with E-state index in [0.717, 1.165) is 25.3 Å². The number of rotatable bonds is 3. The second-order valence-corrected chi connectivity index (χ2v) is 5.39. The minimum Gasteiger partial charge on any atom is -0.385 e. The molecule has 0 aromatic heterocycles. The van der Waals surface area contributed by atoms with Crippen LogP contribution in [0.1, 0.15) is 51.0 Å². The van der Waals surface area contributed by atoms with E-state index >= 15 is 0 Å². The third-order valence-corrected chi connectivity index (χ3v) is 4.06. The first-order valence-corrected chi connectivity index (χ1v) is 6.73. The van der Waals surface area contributed by atoms with Crippen molar-refractivity contribution in [1.29, 1.82) is 0 Å². The lowest BCUT2D eigenvalue weighted by molar-refractivity contribution is -0.0181. The van der Waals surface area contributed by atoms with Crippen molar-refractivity contribution in [2.75, 3.05) is 0 Å². The van der Waals surface area contributed by atoms with Gasteiger partial charge in [0.25, 0.3) is 0 Å². The van der Waals surface area contributed by atoms with E-state index in [-0.39, 0.29) is 5.56 Å². The number of benzene rings is 1. The van der Waals surface area contributed by atoms with Gasteiger partial charge in [0.2, 0.25) is 0 Å². The molecule has 0 saturated heterocycles. The quantitative estimate of drug-likeness (QED) is 0.859. The summed E-state index contributed by atoms with van der Waals surface area (Å²) in [5.41, 5.74) is -0.860. The Bertz CT molecular complexity index is 409. The fourth-order valence-corrected chi connectivity index (χ4v) is 2.99. The van der Waals surface area contributed by atoms with Gasteiger partial charge in [0, 0.05) is 11.6 Å². The third kappa shape index (κ3) is 2.72. The molecule has 1 aliphatic carbocycles. The molecular formula is C15H20F2O. The van der Waals surface area contributed by atoms with Gasteiger partial charge < -0.3 is 5.11 Å². The molecule has 18 heavy (non-hydrogen) atoms. The van der Waals surface area contributed by atoms with Gasteiger partial charge in [-0.3, -0.25) is 0 Å². The van der Waals surface area contributed by atoms with Crippen LogP contribution in [-0.2, 0) is 5.60 Å². The van der Waals surface area contributed by atoms with Crippen LogP contribution in [0.4, 0.5) is 8.78 Å². The normalized spacial score (nSPS) is 28.3. The molecule has 0 bridgehead atoms. The second kappa shape index (κ2) is 5.35. The minimum atomic E-state index is -1.11. The van der Waals surface area contributed by atoms with Crippen molar-refractivity contribution >= 4 is 0 Å². The van der Waals surface area contributed by atoms with E-state index in [1.807, 2.05) is 0 Å². The second-order valence-electron chi connectivity index (χ2n) is 5.39. The molecule has 0 aliphatic heterocycles. The van der Waals surface area contributed by atoms with Crippen molar-refractivity contribution < 1.29 is 13.9 Å². The van der Waals surface area contributed by atoms with E-state index in [2.05, 4.69) is 6.92 Å². The molecule has 0 spiro atoms. The van der Waals surface area contributed by atoms with Crippen molar-refractivity contribution in [2.24, 2.45) is 5.92 Å². The highest BCUT2D eigenvalue weighted by Gasteiger charge is 2.36. The van der Waals surface area contributed by atoms with E-state index in [0.29, 0.717) is 18.8 Å². The van der Waals surface area contributed by atoms with Gasteiger partial charge in [0.1, 0.15) is 11.6 Å². The Labute approximate surface area is 107 Å². The monoisotopic (exact) mass is 254 g/mol. The molecule has 1 aliphatic rings. The average Bonchev–Trinajstić information content (AvgIpc) is 2.32. The van der Waals surface area contributed by atoms with E-state index in [1.165, 1.54) is 18.6 Å². The van der Waals surface area contributed by atoms with Crippen LogP contribution in [0.5, 0.6) is 0 Å². The molecule has 0 atom stereocenters. The van der Waals surface area contributed by atoms with Crippen LogP contribution < -0.4 is 0 Å². The molecule has 1 fully saturated rings. The highest BCUT2D eigenvalue weighted by molar-refractivity contribution is 5.25. The standard InChI is InChI=1S/C15H20F2O/c1-2-3-11-6-8-15(18,9-7-11)13-5-4-12(16)10-14(13)17/h4-5,10-11,18H,2-3,6-9H2,1H3. The van der Waals surface area contributed by atoms with Gasteiger partial charge in [-0.25, -0.2) is 8.78 Å². The maximum Gasteiger partial charge on any atom is 0.132 e. The van der Waals surface area contributed by atoms with Crippen LogP contribution in [0, 0.1) is 17.6 Å². The maximum absolute atomic E-state index is 13.7. The van der Waals surface area contributed by atoms with Gasteiger partial charge in [-0.1, -0.05) is 25.8 Å². The van der Waals surface area contributed by atoms with Crippen LogP contribution in [0.25, 0.3) is 0 Å². The Morgan fingerprint density at radius 3 is 2.50 bits per heavy atom. The maximum atomic E-state index is 13.7. The first-order valence-electron chi connectivity index (χ1n) is 6.73. The molecule has 1 aromatic rings. The van der Waals surface area contributed by atoms with Crippen molar-refractivity contribution in [2.45, 2.75) is 51.0 Å². The molecule has 0 heterocycles. The summed E-state index contributed by atoms with van der Waals surface area (Å²) in [6.45, 7) is 2.15. The molecule has 1 saturated carbocycles. The summed E-state index contributed by atoms with van der Waals surface area (Å²) in [4.78, 5) is 0. The SMILES string of the molecule is CCCC1CCC(O)(c2ccc(F)cc2F)CC1. The Kier molecular flexibility index (Phi) is 4.00. The summed E-state index contributed by atoms with van der Waals surface area (Å²) < 4.78 is 26.6. The summed E-state index contributed by atoms with van der Waals surface area (Å²) in [6, 6.07) is 3.45. The van der Waals surface area contributed by atoms with Crippen LogP contribution in [-0.4, -0.2) is 5.11 Å². The first kappa shape index (κ1) is 13.5. The van der Waals surface area contributed by atoms with Crippen molar-refractivity contribution in [3.8, 4) is 0 Å². The molecule has 3 heteroatoms. The van der Waals surface area contributed by atoms with Crippen LogP contribution in [0.2, 0.25) is 0 Å². The van der Waals surface area contributed by atoms with Crippen LogP contribution >= 0.6 is 0 Å². The molecule has 2 rings (SSSR count). The van der Waals surface area contributed by atoms with Crippen LogP contribution in [0.15, 0.2) is 18.2 Å². The fourth-order valence-electron chi connectivity index (χ4n) is 2.99. The Balaban J connectivity index is 2.13. The van der Waals surface area contributed by atoms with Gasteiger partial charge >= 0.3 is 0 Å². The molecule has 0 unspecified atom stereocenters. The molecule has 1 aromatic carbocycles. The minimum absolute atomic E-state index is 0.249. The predicted octanol–water partition coefficient (Wildman–Crippen LogP) is 4.14. The first-order chi connectivity index (χ1) is 8.55. The van der Waals surface area contributed by atoms with Crippen LogP contribution in [0.3, 0.4) is 0 Å². The van der Waals surface area contributed by atoms with E-state index in [4.69, 9.17) is 0 Å². The molecule has 0 radical (unpaired) electrons. The smallest absolute Gasteiger partial charge is 0.132 e. The predicted molar refractivity (Wildman–Crippen MR) is 67.1 cm³/mol. The number of hydrogen-bond acceptors (Lipinski definition) is 1. The van der Waals surface area contributed by atoms with Crippen molar-refractivity contribution in [3.05, 3.63) is 35.4 Å². The Hall–Kier alpha value is -0.960. The zero-order chi connectivity index (χ0) is 13.2. The van der Waals surface area contributed by atoms with Gasteiger partial charge in [0.15, 0.2) is 0 Å². The van der Waals surface area contributed by atoms with Gasteiger partial charge in [0.05, 0.1) is 5.60 Å². The van der Waals surface area contributed by atoms with Gasteiger partial charge in [-0.15, -0.1) is 0 Å². The third-order valence-electron chi connectivity index (χ3n) is 4.06. The molecule has 100 valence electrons. The lowest BCUT2D eigenvalue weighted by atomic mass is 9.74. The Morgan fingerprint density at radius 1 is 1.28 bits per heavy atom.